The Morgan fingerprint density at radius 1 is 1.03 bits per heavy atom. The van der Waals surface area contributed by atoms with Crippen molar-refractivity contribution in [2.24, 2.45) is 0 Å². The normalized spacial score (nSPS) is 17.0. The SMILES string of the molecule is COC(=O)c1c(C)[nH]c(C(=O)[C@H](C)N2CCCN(S(=O)(=O)c3ccc(C)cc3)CC2)c1C. The van der Waals surface area contributed by atoms with Crippen molar-refractivity contribution in [1.29, 1.82) is 0 Å². The highest BCUT2D eigenvalue weighted by Crippen LogP contribution is 2.23. The van der Waals surface area contributed by atoms with Crippen molar-refractivity contribution in [3.8, 4) is 0 Å². The molecule has 0 bridgehead atoms. The molecule has 174 valence electrons. The molecule has 1 aromatic carbocycles. The van der Waals surface area contributed by atoms with Crippen molar-refractivity contribution in [3.05, 3.63) is 52.3 Å². The monoisotopic (exact) mass is 461 g/mol. The van der Waals surface area contributed by atoms with Gasteiger partial charge >= 0.3 is 5.97 Å². The molecule has 1 atom stereocenters. The van der Waals surface area contributed by atoms with Gasteiger partial charge in [0.1, 0.15) is 0 Å². The van der Waals surface area contributed by atoms with Crippen LogP contribution in [0.5, 0.6) is 0 Å². The quantitative estimate of drug-likeness (QED) is 0.525. The second-order valence-corrected chi connectivity index (χ2v) is 10.2. The first kappa shape index (κ1) is 24.2. The number of nitrogens with zero attached hydrogens (tertiary/aromatic N) is 2. The van der Waals surface area contributed by atoms with Crippen LogP contribution >= 0.6 is 0 Å². The van der Waals surface area contributed by atoms with Crippen molar-refractivity contribution >= 4 is 21.8 Å². The summed E-state index contributed by atoms with van der Waals surface area (Å²) in [5, 5.41) is 0. The van der Waals surface area contributed by atoms with E-state index in [9.17, 15) is 18.0 Å². The van der Waals surface area contributed by atoms with Crippen LogP contribution in [-0.2, 0) is 14.8 Å². The van der Waals surface area contributed by atoms with E-state index in [1.165, 1.54) is 11.4 Å². The molecule has 2 aromatic rings. The number of benzene rings is 1. The fourth-order valence-corrected chi connectivity index (χ4v) is 5.65. The summed E-state index contributed by atoms with van der Waals surface area (Å²) in [6.07, 6.45) is 0.624. The third-order valence-electron chi connectivity index (χ3n) is 6.15. The molecule has 0 unspecified atom stereocenters. The van der Waals surface area contributed by atoms with E-state index in [1.807, 2.05) is 18.7 Å². The van der Waals surface area contributed by atoms with Crippen LogP contribution in [0.2, 0.25) is 0 Å². The van der Waals surface area contributed by atoms with Gasteiger partial charge in [-0.3, -0.25) is 9.69 Å². The van der Waals surface area contributed by atoms with Gasteiger partial charge in [-0.2, -0.15) is 4.31 Å². The second-order valence-electron chi connectivity index (χ2n) is 8.26. The number of carbonyl (C=O) groups is 2. The molecule has 8 nitrogen and oxygen atoms in total. The Hall–Kier alpha value is -2.49. The zero-order chi connectivity index (χ0) is 23.6. The van der Waals surface area contributed by atoms with Crippen molar-refractivity contribution in [2.45, 2.75) is 45.1 Å². The van der Waals surface area contributed by atoms with E-state index in [-0.39, 0.29) is 10.7 Å². The Balaban J connectivity index is 1.75. The number of Topliss-reactive ketones (excluding diaryl/α,β-unsaturated/α-hetero) is 1. The molecular formula is C23H31N3O5S. The van der Waals surface area contributed by atoms with Gasteiger partial charge in [-0.25, -0.2) is 13.2 Å². The number of rotatable bonds is 6. The lowest BCUT2D eigenvalue weighted by molar-refractivity contribution is 0.0599. The van der Waals surface area contributed by atoms with Gasteiger partial charge in [0.05, 0.1) is 29.3 Å². The molecule has 1 aliphatic heterocycles. The molecule has 0 radical (unpaired) electrons. The number of esters is 1. The maximum atomic E-state index is 13.2. The number of ether oxygens (including phenoxy) is 1. The number of nitrogens with one attached hydrogen (secondary N) is 1. The number of sulfonamides is 1. The first-order valence-electron chi connectivity index (χ1n) is 10.7. The minimum atomic E-state index is -3.58. The number of carbonyl (C=O) groups excluding carboxylic acids is 2. The van der Waals surface area contributed by atoms with Gasteiger partial charge in [0, 0.05) is 31.9 Å². The summed E-state index contributed by atoms with van der Waals surface area (Å²) in [4.78, 5) is 30.6. The highest BCUT2D eigenvalue weighted by molar-refractivity contribution is 7.89. The Bertz CT molecular complexity index is 1110. The summed E-state index contributed by atoms with van der Waals surface area (Å²) >= 11 is 0. The minimum absolute atomic E-state index is 0.129. The van der Waals surface area contributed by atoms with Crippen LogP contribution in [0, 0.1) is 20.8 Å². The van der Waals surface area contributed by atoms with Crippen LogP contribution in [0.25, 0.3) is 0 Å². The average molecular weight is 462 g/mol. The molecule has 9 heteroatoms. The molecule has 1 saturated heterocycles. The summed E-state index contributed by atoms with van der Waals surface area (Å²) in [5.41, 5.74) is 2.95. The lowest BCUT2D eigenvalue weighted by Gasteiger charge is -2.26. The first-order chi connectivity index (χ1) is 15.1. The van der Waals surface area contributed by atoms with Gasteiger partial charge in [-0.15, -0.1) is 0 Å². The third kappa shape index (κ3) is 4.65. The largest absolute Gasteiger partial charge is 0.465 e. The van der Waals surface area contributed by atoms with Gasteiger partial charge in [0.15, 0.2) is 5.78 Å². The fourth-order valence-electron chi connectivity index (χ4n) is 4.18. The molecule has 3 rings (SSSR count). The lowest BCUT2D eigenvalue weighted by Crippen LogP contribution is -2.42. The van der Waals surface area contributed by atoms with E-state index in [0.29, 0.717) is 55.1 Å². The second kappa shape index (κ2) is 9.56. The molecule has 1 fully saturated rings. The summed E-state index contributed by atoms with van der Waals surface area (Å²) < 4.78 is 32.4. The molecular weight excluding hydrogens is 430 g/mol. The van der Waals surface area contributed by atoms with Crippen LogP contribution in [0.15, 0.2) is 29.2 Å². The van der Waals surface area contributed by atoms with Crippen LogP contribution in [0.3, 0.4) is 0 Å². The standard InChI is InChI=1S/C23H31N3O5S/c1-15-7-9-19(10-8-15)32(29,30)26-12-6-11-25(13-14-26)18(4)22(27)21-16(2)20(17(3)24-21)23(28)31-5/h7-10,18,24H,6,11-14H2,1-5H3/t18-/m0/s1. The van der Waals surface area contributed by atoms with E-state index >= 15 is 0 Å². The predicted octanol–water partition coefficient (Wildman–Crippen LogP) is 2.69. The number of methoxy groups -OCH3 is 1. The van der Waals surface area contributed by atoms with Gasteiger partial charge in [0.2, 0.25) is 10.0 Å². The third-order valence-corrected chi connectivity index (χ3v) is 8.06. The number of hydrogen-bond donors (Lipinski definition) is 1. The van der Waals surface area contributed by atoms with E-state index in [2.05, 4.69) is 4.98 Å². The van der Waals surface area contributed by atoms with E-state index in [4.69, 9.17) is 4.74 Å². The van der Waals surface area contributed by atoms with Crippen LogP contribution in [0.4, 0.5) is 0 Å². The minimum Gasteiger partial charge on any atom is -0.465 e. The van der Waals surface area contributed by atoms with Crippen LogP contribution in [0.1, 0.15) is 51.0 Å². The molecule has 0 amide bonds. The average Bonchev–Trinajstić information content (AvgIpc) is 2.93. The van der Waals surface area contributed by atoms with E-state index in [1.54, 1.807) is 38.1 Å². The lowest BCUT2D eigenvalue weighted by atomic mass is 10.0. The molecule has 0 saturated carbocycles. The molecule has 1 N–H and O–H groups in total. The Morgan fingerprint density at radius 2 is 1.69 bits per heavy atom. The number of aromatic amines is 1. The van der Waals surface area contributed by atoms with Crippen LogP contribution in [-0.4, -0.2) is 73.7 Å². The van der Waals surface area contributed by atoms with Gasteiger partial charge in [-0.1, -0.05) is 17.7 Å². The molecule has 0 aliphatic carbocycles. The van der Waals surface area contributed by atoms with Gasteiger partial charge < -0.3 is 9.72 Å². The summed E-state index contributed by atoms with van der Waals surface area (Å²) in [7, 11) is -2.27. The number of aryl methyl sites for hydroxylation is 2. The van der Waals surface area contributed by atoms with Crippen LogP contribution < -0.4 is 0 Å². The summed E-state index contributed by atoms with van der Waals surface area (Å²) in [6, 6.07) is 6.39. The fraction of sp³-hybridized carbons (Fsp3) is 0.478. The topological polar surface area (TPSA) is 99.8 Å². The zero-order valence-corrected chi connectivity index (χ0v) is 20.1. The smallest absolute Gasteiger partial charge is 0.339 e. The van der Waals surface area contributed by atoms with E-state index < -0.39 is 22.0 Å². The number of aromatic nitrogens is 1. The van der Waals surface area contributed by atoms with Crippen molar-refractivity contribution in [3.63, 3.8) is 0 Å². The van der Waals surface area contributed by atoms with Gasteiger partial charge in [-0.05, 0) is 51.8 Å². The molecule has 1 aromatic heterocycles. The number of hydrogen-bond acceptors (Lipinski definition) is 6. The van der Waals surface area contributed by atoms with E-state index in [0.717, 1.165) is 5.56 Å². The Morgan fingerprint density at radius 3 is 2.31 bits per heavy atom. The summed E-state index contributed by atoms with van der Waals surface area (Å²) in [5.74, 6) is -0.606. The maximum absolute atomic E-state index is 13.2. The summed E-state index contributed by atoms with van der Waals surface area (Å²) in [6.45, 7) is 8.97. The molecule has 2 heterocycles. The van der Waals surface area contributed by atoms with Crippen molar-refractivity contribution in [2.75, 3.05) is 33.3 Å². The van der Waals surface area contributed by atoms with Gasteiger partial charge in [0.25, 0.3) is 0 Å². The molecule has 0 spiro atoms. The first-order valence-corrected chi connectivity index (χ1v) is 12.1. The highest BCUT2D eigenvalue weighted by Gasteiger charge is 2.32. The number of ketones is 1. The zero-order valence-electron chi connectivity index (χ0n) is 19.3. The van der Waals surface area contributed by atoms with Crippen molar-refractivity contribution < 1.29 is 22.7 Å². The molecule has 1 aliphatic rings. The van der Waals surface area contributed by atoms with Crippen molar-refractivity contribution in [1.82, 2.24) is 14.2 Å². The number of H-pyrrole nitrogens is 1. The maximum Gasteiger partial charge on any atom is 0.339 e. The predicted molar refractivity (Wildman–Crippen MR) is 122 cm³/mol. The molecule has 32 heavy (non-hydrogen) atoms. The highest BCUT2D eigenvalue weighted by atomic mass is 32.2. The Kier molecular flexibility index (Phi) is 7.22. The Labute approximate surface area is 189 Å².